The number of aromatic nitrogens is 2. The minimum absolute atomic E-state index is 0.0504. The quantitative estimate of drug-likeness (QED) is 0.474. The number of benzene rings is 1. The standard InChI is InChI=1S/C26H34F3N5S/c1-18-13-19(2)16-34(15-18)22-14-21(26(27,28)29)31-23(32-22)33-24(35)30-17-25(11-7-4-8-12-25)20-9-5-3-6-10-20/h3,5-6,9-10,14,18-19H,4,7-8,11-13,15-17H2,1-2H3,(H2,30,31,32,33,35)/t18-,19-/m1/s1. The maximum Gasteiger partial charge on any atom is 0.433 e. The van der Waals surface area contributed by atoms with Gasteiger partial charge in [0.25, 0.3) is 0 Å². The highest BCUT2D eigenvalue weighted by atomic mass is 32.1. The molecule has 1 aliphatic heterocycles. The molecule has 9 heteroatoms. The van der Waals surface area contributed by atoms with Crippen molar-refractivity contribution < 1.29 is 13.2 Å². The summed E-state index contributed by atoms with van der Waals surface area (Å²) >= 11 is 5.48. The Hall–Kier alpha value is -2.42. The SMILES string of the molecule is C[C@@H]1C[C@@H](C)CN(c2cc(C(F)(F)F)nc(NC(=S)NCC3(c4ccccc4)CCCCC3)n2)C1. The molecule has 190 valence electrons. The van der Waals surface area contributed by atoms with Crippen LogP contribution in [0.4, 0.5) is 24.9 Å². The van der Waals surface area contributed by atoms with Crippen molar-refractivity contribution in [2.45, 2.75) is 64.0 Å². The molecular formula is C26H34F3N5S. The molecule has 1 saturated carbocycles. The van der Waals surface area contributed by atoms with Gasteiger partial charge in [0.2, 0.25) is 5.95 Å². The molecule has 2 fully saturated rings. The minimum atomic E-state index is -4.57. The molecular weight excluding hydrogens is 471 g/mol. The van der Waals surface area contributed by atoms with Crippen molar-refractivity contribution in [2.75, 3.05) is 29.9 Å². The predicted octanol–water partition coefficient (Wildman–Crippen LogP) is 6.17. The van der Waals surface area contributed by atoms with Crippen molar-refractivity contribution in [3.8, 4) is 0 Å². The van der Waals surface area contributed by atoms with E-state index < -0.39 is 11.9 Å². The van der Waals surface area contributed by atoms with E-state index in [2.05, 4.69) is 46.6 Å². The van der Waals surface area contributed by atoms with Crippen LogP contribution < -0.4 is 15.5 Å². The van der Waals surface area contributed by atoms with Gasteiger partial charge in [0.05, 0.1) is 0 Å². The zero-order valence-electron chi connectivity index (χ0n) is 20.4. The third-order valence-corrected chi connectivity index (χ3v) is 7.45. The van der Waals surface area contributed by atoms with E-state index in [0.29, 0.717) is 31.5 Å². The average Bonchev–Trinajstić information content (AvgIpc) is 2.82. The van der Waals surface area contributed by atoms with Crippen LogP contribution in [0.1, 0.15) is 63.6 Å². The van der Waals surface area contributed by atoms with E-state index in [1.165, 1.54) is 12.0 Å². The summed E-state index contributed by atoms with van der Waals surface area (Å²) < 4.78 is 40.9. The number of hydrogen-bond acceptors (Lipinski definition) is 4. The smallest absolute Gasteiger partial charge is 0.361 e. The number of nitrogens with one attached hydrogen (secondary N) is 2. The molecule has 2 N–H and O–H groups in total. The molecule has 2 aromatic rings. The van der Waals surface area contributed by atoms with Gasteiger partial charge in [-0.1, -0.05) is 63.4 Å². The first kappa shape index (κ1) is 25.7. The lowest BCUT2D eigenvalue weighted by Gasteiger charge is -2.38. The van der Waals surface area contributed by atoms with Gasteiger partial charge in [0.15, 0.2) is 10.8 Å². The first-order valence-corrected chi connectivity index (χ1v) is 12.9. The number of anilines is 2. The van der Waals surface area contributed by atoms with Gasteiger partial charge in [-0.15, -0.1) is 0 Å². The summed E-state index contributed by atoms with van der Waals surface area (Å²) in [6.45, 7) is 6.16. The van der Waals surface area contributed by atoms with E-state index in [-0.39, 0.29) is 22.3 Å². The van der Waals surface area contributed by atoms with Crippen LogP contribution in [-0.2, 0) is 11.6 Å². The summed E-state index contributed by atoms with van der Waals surface area (Å²) in [6.07, 6.45) is 2.06. The van der Waals surface area contributed by atoms with Gasteiger partial charge in [0.1, 0.15) is 5.82 Å². The Balaban J connectivity index is 1.51. The molecule has 2 aliphatic rings. The van der Waals surface area contributed by atoms with Crippen LogP contribution in [-0.4, -0.2) is 34.7 Å². The highest BCUT2D eigenvalue weighted by molar-refractivity contribution is 7.80. The Bertz CT molecular complexity index is 998. The highest BCUT2D eigenvalue weighted by Crippen LogP contribution is 2.39. The molecule has 4 rings (SSSR count). The molecule has 1 saturated heterocycles. The summed E-state index contributed by atoms with van der Waals surface area (Å²) in [4.78, 5) is 10.1. The molecule has 1 aliphatic carbocycles. The van der Waals surface area contributed by atoms with Crippen LogP contribution >= 0.6 is 12.2 Å². The van der Waals surface area contributed by atoms with Gasteiger partial charge in [-0.05, 0) is 48.9 Å². The number of hydrogen-bond donors (Lipinski definition) is 2. The van der Waals surface area contributed by atoms with Gasteiger partial charge < -0.3 is 15.5 Å². The zero-order chi connectivity index (χ0) is 25.1. The maximum atomic E-state index is 13.6. The fourth-order valence-corrected chi connectivity index (χ4v) is 5.79. The Morgan fingerprint density at radius 1 is 1.06 bits per heavy atom. The summed E-state index contributed by atoms with van der Waals surface area (Å²) in [7, 11) is 0. The fourth-order valence-electron chi connectivity index (χ4n) is 5.63. The number of nitrogens with zero attached hydrogens (tertiary/aromatic N) is 3. The molecule has 0 spiro atoms. The van der Waals surface area contributed by atoms with Crippen molar-refractivity contribution >= 4 is 29.1 Å². The third kappa shape index (κ3) is 6.42. The van der Waals surface area contributed by atoms with Crippen LogP contribution in [0.25, 0.3) is 0 Å². The van der Waals surface area contributed by atoms with Crippen molar-refractivity contribution in [3.05, 3.63) is 47.7 Å². The number of rotatable bonds is 5. The lowest BCUT2D eigenvalue weighted by molar-refractivity contribution is -0.141. The fraction of sp³-hybridized carbons (Fsp3) is 0.577. The Labute approximate surface area is 210 Å². The first-order chi connectivity index (χ1) is 16.6. The van der Waals surface area contributed by atoms with Crippen LogP contribution in [0.15, 0.2) is 36.4 Å². The topological polar surface area (TPSA) is 53.1 Å². The van der Waals surface area contributed by atoms with E-state index in [1.807, 2.05) is 23.1 Å². The largest absolute Gasteiger partial charge is 0.433 e. The van der Waals surface area contributed by atoms with Gasteiger partial charge in [-0.25, -0.2) is 4.98 Å². The van der Waals surface area contributed by atoms with E-state index in [1.54, 1.807) is 0 Å². The molecule has 5 nitrogen and oxygen atoms in total. The average molecular weight is 506 g/mol. The zero-order valence-corrected chi connectivity index (χ0v) is 21.2. The number of halogens is 3. The second-order valence-electron chi connectivity index (χ2n) is 10.3. The maximum absolute atomic E-state index is 13.6. The summed E-state index contributed by atoms with van der Waals surface area (Å²) in [6, 6.07) is 11.4. The van der Waals surface area contributed by atoms with Crippen LogP contribution in [0.5, 0.6) is 0 Å². The third-order valence-electron chi connectivity index (χ3n) is 7.21. The highest BCUT2D eigenvalue weighted by Gasteiger charge is 2.36. The molecule has 35 heavy (non-hydrogen) atoms. The Morgan fingerprint density at radius 3 is 2.34 bits per heavy atom. The second-order valence-corrected chi connectivity index (χ2v) is 10.7. The van der Waals surface area contributed by atoms with Gasteiger partial charge in [0, 0.05) is 31.1 Å². The minimum Gasteiger partial charge on any atom is -0.361 e. The summed E-state index contributed by atoms with van der Waals surface area (Å²) in [5, 5.41) is 6.33. The Morgan fingerprint density at radius 2 is 1.71 bits per heavy atom. The monoisotopic (exact) mass is 505 g/mol. The second kappa shape index (κ2) is 10.7. The molecule has 1 aromatic carbocycles. The van der Waals surface area contributed by atoms with Crippen molar-refractivity contribution in [1.82, 2.24) is 15.3 Å². The molecule has 2 atom stereocenters. The normalized spacial score (nSPS) is 22.5. The first-order valence-electron chi connectivity index (χ1n) is 12.5. The summed E-state index contributed by atoms with van der Waals surface area (Å²) in [5.41, 5.74) is 0.248. The molecule has 0 amide bonds. The molecule has 0 bridgehead atoms. The molecule has 0 radical (unpaired) electrons. The lowest BCUT2D eigenvalue weighted by Crippen LogP contribution is -2.43. The Kier molecular flexibility index (Phi) is 7.83. The predicted molar refractivity (Wildman–Crippen MR) is 138 cm³/mol. The van der Waals surface area contributed by atoms with Crippen molar-refractivity contribution in [1.29, 1.82) is 0 Å². The van der Waals surface area contributed by atoms with Gasteiger partial charge >= 0.3 is 6.18 Å². The molecule has 1 aromatic heterocycles. The van der Waals surface area contributed by atoms with Gasteiger partial charge in [-0.2, -0.15) is 18.2 Å². The van der Waals surface area contributed by atoms with Crippen LogP contribution in [0.3, 0.4) is 0 Å². The number of alkyl halides is 3. The number of thiocarbonyl (C=S) groups is 1. The van der Waals surface area contributed by atoms with E-state index >= 15 is 0 Å². The van der Waals surface area contributed by atoms with Crippen LogP contribution in [0, 0.1) is 11.8 Å². The summed E-state index contributed by atoms with van der Waals surface area (Å²) in [5.74, 6) is 0.915. The van der Waals surface area contributed by atoms with E-state index in [0.717, 1.165) is 38.2 Å². The molecule has 2 heterocycles. The van der Waals surface area contributed by atoms with Crippen LogP contribution in [0.2, 0.25) is 0 Å². The number of piperidine rings is 1. The van der Waals surface area contributed by atoms with E-state index in [4.69, 9.17) is 12.2 Å². The molecule has 0 unspecified atom stereocenters. The van der Waals surface area contributed by atoms with Crippen molar-refractivity contribution in [3.63, 3.8) is 0 Å². The lowest BCUT2D eigenvalue weighted by atomic mass is 9.69. The van der Waals surface area contributed by atoms with Gasteiger partial charge in [-0.3, -0.25) is 0 Å². The van der Waals surface area contributed by atoms with Crippen molar-refractivity contribution in [2.24, 2.45) is 11.8 Å². The van der Waals surface area contributed by atoms with E-state index in [9.17, 15) is 13.2 Å².